The fourth-order valence-electron chi connectivity index (χ4n) is 1.45. The summed E-state index contributed by atoms with van der Waals surface area (Å²) in [6.07, 6.45) is 4.04. The highest BCUT2D eigenvalue weighted by molar-refractivity contribution is 4.89. The van der Waals surface area contributed by atoms with Gasteiger partial charge in [-0.05, 0) is 52.4 Å². The number of rotatable bonds is 6. The van der Waals surface area contributed by atoms with E-state index in [1.807, 2.05) is 0 Å². The molecule has 1 unspecified atom stereocenters. The van der Waals surface area contributed by atoms with Crippen molar-refractivity contribution >= 4 is 0 Å². The minimum atomic E-state index is 0.851. The largest absolute Gasteiger partial charge is 0.314 e. The van der Waals surface area contributed by atoms with Crippen LogP contribution in [0.2, 0.25) is 0 Å². The molecule has 0 aromatic rings. The van der Waals surface area contributed by atoms with Crippen LogP contribution in [0.5, 0.6) is 0 Å². The van der Waals surface area contributed by atoms with Gasteiger partial charge < -0.3 is 10.2 Å². The van der Waals surface area contributed by atoms with Crippen molar-refractivity contribution in [2.75, 3.05) is 27.2 Å². The Morgan fingerprint density at radius 3 is 2.50 bits per heavy atom. The molecule has 0 aromatic carbocycles. The first-order valence-corrected chi connectivity index (χ1v) is 5.08. The molecular weight excluding hydrogens is 148 g/mol. The van der Waals surface area contributed by atoms with E-state index in [4.69, 9.17) is 0 Å². The smallest absolute Gasteiger partial charge is 0.00963 e. The highest BCUT2D eigenvalue weighted by Gasteiger charge is 2.31. The minimum absolute atomic E-state index is 0.851. The Kier molecular flexibility index (Phi) is 4.02. The lowest BCUT2D eigenvalue weighted by molar-refractivity contribution is 0.391. The molecule has 1 aliphatic carbocycles. The Balaban J connectivity index is 1.77. The fourth-order valence-corrected chi connectivity index (χ4v) is 1.45. The standard InChI is InChI=1S/C10H22N2/c1-9-8-10(9)11-6-4-5-7-12(2)3/h9-11H,4-8H2,1-3H3/t9?,10-/m0/s1. The Bertz CT molecular complexity index is 123. The van der Waals surface area contributed by atoms with Gasteiger partial charge in [0, 0.05) is 6.04 Å². The second kappa shape index (κ2) is 4.83. The van der Waals surface area contributed by atoms with E-state index in [0.29, 0.717) is 0 Å². The van der Waals surface area contributed by atoms with Gasteiger partial charge in [0.1, 0.15) is 0 Å². The molecule has 0 aliphatic heterocycles. The molecule has 0 aromatic heterocycles. The average molecular weight is 170 g/mol. The number of nitrogens with zero attached hydrogens (tertiary/aromatic N) is 1. The van der Waals surface area contributed by atoms with Crippen LogP contribution in [0, 0.1) is 5.92 Å². The van der Waals surface area contributed by atoms with Crippen LogP contribution in [0.1, 0.15) is 26.2 Å². The second-order valence-electron chi connectivity index (χ2n) is 4.28. The molecule has 2 nitrogen and oxygen atoms in total. The molecule has 1 N–H and O–H groups in total. The van der Waals surface area contributed by atoms with Crippen molar-refractivity contribution in [1.82, 2.24) is 10.2 Å². The van der Waals surface area contributed by atoms with Crippen molar-refractivity contribution in [3.05, 3.63) is 0 Å². The molecule has 1 aliphatic rings. The first-order chi connectivity index (χ1) is 5.70. The maximum Gasteiger partial charge on any atom is 0.00963 e. The predicted molar refractivity (Wildman–Crippen MR) is 53.4 cm³/mol. The summed E-state index contributed by atoms with van der Waals surface area (Å²) in [7, 11) is 4.27. The van der Waals surface area contributed by atoms with Crippen LogP contribution in [0.4, 0.5) is 0 Å². The first-order valence-electron chi connectivity index (χ1n) is 5.08. The number of nitrogens with one attached hydrogen (secondary N) is 1. The quantitative estimate of drug-likeness (QED) is 0.605. The Morgan fingerprint density at radius 2 is 2.00 bits per heavy atom. The maximum absolute atomic E-state index is 3.56. The molecule has 1 rings (SSSR count). The van der Waals surface area contributed by atoms with Crippen molar-refractivity contribution < 1.29 is 0 Å². The maximum atomic E-state index is 3.56. The summed E-state index contributed by atoms with van der Waals surface area (Å²) >= 11 is 0. The van der Waals surface area contributed by atoms with Gasteiger partial charge in [0.2, 0.25) is 0 Å². The highest BCUT2D eigenvalue weighted by atomic mass is 15.0. The highest BCUT2D eigenvalue weighted by Crippen LogP contribution is 2.28. The number of unbranched alkanes of at least 4 members (excludes halogenated alkanes) is 1. The van der Waals surface area contributed by atoms with Gasteiger partial charge in [0.25, 0.3) is 0 Å². The van der Waals surface area contributed by atoms with Crippen molar-refractivity contribution in [2.45, 2.75) is 32.2 Å². The summed E-state index contributed by atoms with van der Waals surface area (Å²) < 4.78 is 0. The molecule has 1 saturated carbocycles. The lowest BCUT2D eigenvalue weighted by Crippen LogP contribution is -2.20. The van der Waals surface area contributed by atoms with Crippen LogP contribution in [-0.2, 0) is 0 Å². The van der Waals surface area contributed by atoms with E-state index in [9.17, 15) is 0 Å². The molecule has 0 saturated heterocycles. The van der Waals surface area contributed by atoms with Crippen LogP contribution in [0.15, 0.2) is 0 Å². The van der Waals surface area contributed by atoms with Crippen molar-refractivity contribution in [3.63, 3.8) is 0 Å². The summed E-state index contributed by atoms with van der Waals surface area (Å²) in [4.78, 5) is 2.25. The van der Waals surface area contributed by atoms with E-state index in [1.54, 1.807) is 0 Å². The summed E-state index contributed by atoms with van der Waals surface area (Å²) in [5, 5.41) is 3.56. The SMILES string of the molecule is CC1C[C@@H]1NCCCCN(C)C. The molecule has 0 spiro atoms. The van der Waals surface area contributed by atoms with E-state index < -0.39 is 0 Å². The van der Waals surface area contributed by atoms with Crippen LogP contribution in [-0.4, -0.2) is 38.1 Å². The lowest BCUT2D eigenvalue weighted by atomic mass is 10.3. The fraction of sp³-hybridized carbons (Fsp3) is 1.00. The third kappa shape index (κ3) is 4.07. The molecular formula is C10H22N2. The molecule has 2 atom stereocenters. The zero-order valence-electron chi connectivity index (χ0n) is 8.64. The van der Waals surface area contributed by atoms with Crippen LogP contribution < -0.4 is 5.32 Å². The van der Waals surface area contributed by atoms with Crippen molar-refractivity contribution in [1.29, 1.82) is 0 Å². The van der Waals surface area contributed by atoms with E-state index in [1.165, 1.54) is 32.4 Å². The summed E-state index contributed by atoms with van der Waals surface area (Å²) in [6.45, 7) is 4.75. The molecule has 1 fully saturated rings. The van der Waals surface area contributed by atoms with Crippen molar-refractivity contribution in [3.8, 4) is 0 Å². The van der Waals surface area contributed by atoms with Gasteiger partial charge in [0.15, 0.2) is 0 Å². The van der Waals surface area contributed by atoms with E-state index in [-0.39, 0.29) is 0 Å². The van der Waals surface area contributed by atoms with Crippen LogP contribution in [0.25, 0.3) is 0 Å². The van der Waals surface area contributed by atoms with Gasteiger partial charge in [0.05, 0.1) is 0 Å². The van der Waals surface area contributed by atoms with E-state index in [2.05, 4.69) is 31.2 Å². The molecule has 0 heterocycles. The third-order valence-corrected chi connectivity index (χ3v) is 2.55. The monoisotopic (exact) mass is 170 g/mol. The lowest BCUT2D eigenvalue weighted by Gasteiger charge is -2.08. The Labute approximate surface area is 76.3 Å². The van der Waals surface area contributed by atoms with Crippen molar-refractivity contribution in [2.24, 2.45) is 5.92 Å². The number of hydrogen-bond donors (Lipinski definition) is 1. The van der Waals surface area contributed by atoms with Gasteiger partial charge in [-0.3, -0.25) is 0 Å². The van der Waals surface area contributed by atoms with Gasteiger partial charge >= 0.3 is 0 Å². The zero-order valence-corrected chi connectivity index (χ0v) is 8.64. The van der Waals surface area contributed by atoms with Gasteiger partial charge in [-0.25, -0.2) is 0 Å². The molecule has 0 bridgehead atoms. The summed E-state index contributed by atoms with van der Waals surface area (Å²) in [6, 6.07) is 0.851. The first kappa shape index (κ1) is 10.0. The summed E-state index contributed by atoms with van der Waals surface area (Å²) in [5.74, 6) is 0.943. The van der Waals surface area contributed by atoms with Crippen LogP contribution in [0.3, 0.4) is 0 Å². The Hall–Kier alpha value is -0.0800. The molecule has 2 heteroatoms. The Morgan fingerprint density at radius 1 is 1.33 bits per heavy atom. The predicted octanol–water partition coefficient (Wildman–Crippen LogP) is 1.33. The zero-order chi connectivity index (χ0) is 8.97. The third-order valence-electron chi connectivity index (χ3n) is 2.55. The summed E-state index contributed by atoms with van der Waals surface area (Å²) in [5.41, 5.74) is 0. The van der Waals surface area contributed by atoms with E-state index >= 15 is 0 Å². The topological polar surface area (TPSA) is 15.3 Å². The average Bonchev–Trinajstić information content (AvgIpc) is 2.65. The molecule has 0 amide bonds. The van der Waals surface area contributed by atoms with Gasteiger partial charge in [-0.2, -0.15) is 0 Å². The molecule has 0 radical (unpaired) electrons. The van der Waals surface area contributed by atoms with Gasteiger partial charge in [-0.1, -0.05) is 6.92 Å². The molecule has 72 valence electrons. The van der Waals surface area contributed by atoms with E-state index in [0.717, 1.165) is 12.0 Å². The minimum Gasteiger partial charge on any atom is -0.314 e. The second-order valence-corrected chi connectivity index (χ2v) is 4.28. The number of hydrogen-bond acceptors (Lipinski definition) is 2. The molecule has 12 heavy (non-hydrogen) atoms. The normalized spacial score (nSPS) is 28.0. The van der Waals surface area contributed by atoms with Gasteiger partial charge in [-0.15, -0.1) is 0 Å². The van der Waals surface area contributed by atoms with Crippen LogP contribution >= 0.6 is 0 Å².